The van der Waals surface area contributed by atoms with E-state index in [1.54, 1.807) is 24.3 Å². The standard InChI is InChI=1S/C18H17F3O2/c1-2-4-16(17(22)23)14-6-3-5-13(11-14)12-7-9-15(10-8-12)18(19,20)21/h3,5-11,16H,2,4H2,1H3,(H,22,23)/t16-/m1/s1. The van der Waals surface area contributed by atoms with E-state index in [1.807, 2.05) is 6.92 Å². The lowest BCUT2D eigenvalue weighted by atomic mass is 9.92. The van der Waals surface area contributed by atoms with Crippen molar-refractivity contribution in [1.82, 2.24) is 0 Å². The van der Waals surface area contributed by atoms with E-state index in [-0.39, 0.29) is 0 Å². The lowest BCUT2D eigenvalue weighted by Gasteiger charge is -2.13. The van der Waals surface area contributed by atoms with Crippen LogP contribution in [0.15, 0.2) is 48.5 Å². The van der Waals surface area contributed by atoms with Crippen molar-refractivity contribution < 1.29 is 23.1 Å². The molecule has 0 heterocycles. The Balaban J connectivity index is 2.34. The Morgan fingerprint density at radius 1 is 1.09 bits per heavy atom. The Kier molecular flexibility index (Phi) is 5.08. The van der Waals surface area contributed by atoms with Crippen molar-refractivity contribution in [3.05, 3.63) is 59.7 Å². The van der Waals surface area contributed by atoms with E-state index < -0.39 is 23.6 Å². The second-order valence-corrected chi connectivity index (χ2v) is 5.38. The first-order valence-corrected chi connectivity index (χ1v) is 7.33. The van der Waals surface area contributed by atoms with Crippen LogP contribution in [-0.2, 0) is 11.0 Å². The zero-order valence-corrected chi connectivity index (χ0v) is 12.6. The van der Waals surface area contributed by atoms with Crippen LogP contribution in [0.4, 0.5) is 13.2 Å². The molecule has 0 aliphatic carbocycles. The summed E-state index contributed by atoms with van der Waals surface area (Å²) in [5.41, 5.74) is 1.29. The molecule has 122 valence electrons. The van der Waals surface area contributed by atoms with E-state index in [0.29, 0.717) is 23.1 Å². The van der Waals surface area contributed by atoms with E-state index in [1.165, 1.54) is 12.1 Å². The van der Waals surface area contributed by atoms with Gasteiger partial charge in [-0.25, -0.2) is 0 Å². The summed E-state index contributed by atoms with van der Waals surface area (Å²) in [7, 11) is 0. The quantitative estimate of drug-likeness (QED) is 0.806. The number of hydrogen-bond acceptors (Lipinski definition) is 1. The van der Waals surface area contributed by atoms with Gasteiger partial charge in [-0.05, 0) is 35.2 Å². The Morgan fingerprint density at radius 2 is 1.74 bits per heavy atom. The van der Waals surface area contributed by atoms with Gasteiger partial charge in [0, 0.05) is 0 Å². The molecule has 0 bridgehead atoms. The Morgan fingerprint density at radius 3 is 2.26 bits per heavy atom. The molecule has 2 aromatic carbocycles. The summed E-state index contributed by atoms with van der Waals surface area (Å²) in [6.07, 6.45) is -3.11. The van der Waals surface area contributed by atoms with Crippen molar-refractivity contribution in [2.45, 2.75) is 31.9 Å². The van der Waals surface area contributed by atoms with Gasteiger partial charge in [0.25, 0.3) is 0 Å². The van der Waals surface area contributed by atoms with Crippen LogP contribution >= 0.6 is 0 Å². The third kappa shape index (κ3) is 4.12. The molecule has 0 saturated heterocycles. The molecule has 5 heteroatoms. The zero-order chi connectivity index (χ0) is 17.0. The topological polar surface area (TPSA) is 37.3 Å². The van der Waals surface area contributed by atoms with Crippen molar-refractivity contribution >= 4 is 5.97 Å². The molecule has 0 aliphatic heterocycles. The number of carbonyl (C=O) groups is 1. The smallest absolute Gasteiger partial charge is 0.416 e. The Hall–Kier alpha value is -2.30. The number of rotatable bonds is 5. The van der Waals surface area contributed by atoms with E-state index in [2.05, 4.69) is 0 Å². The molecule has 0 unspecified atom stereocenters. The van der Waals surface area contributed by atoms with Crippen LogP contribution in [-0.4, -0.2) is 11.1 Å². The van der Waals surface area contributed by atoms with E-state index in [0.717, 1.165) is 18.6 Å². The number of alkyl halides is 3. The summed E-state index contributed by atoms with van der Waals surface area (Å²) >= 11 is 0. The Bertz CT molecular complexity index is 675. The molecule has 2 rings (SSSR count). The first-order chi connectivity index (χ1) is 10.8. The monoisotopic (exact) mass is 322 g/mol. The summed E-state index contributed by atoms with van der Waals surface area (Å²) in [6.45, 7) is 1.91. The lowest BCUT2D eigenvalue weighted by Crippen LogP contribution is -2.11. The van der Waals surface area contributed by atoms with Crippen LogP contribution in [0.5, 0.6) is 0 Å². The molecule has 0 aliphatic rings. The summed E-state index contributed by atoms with van der Waals surface area (Å²) < 4.78 is 37.8. The SMILES string of the molecule is CCC[C@@H](C(=O)O)c1cccc(-c2ccc(C(F)(F)F)cc2)c1. The van der Waals surface area contributed by atoms with Gasteiger partial charge in [0.05, 0.1) is 11.5 Å². The maximum absolute atomic E-state index is 12.6. The number of benzene rings is 2. The molecule has 2 nitrogen and oxygen atoms in total. The predicted octanol–water partition coefficient (Wildman–Crippen LogP) is 5.34. The van der Waals surface area contributed by atoms with Gasteiger partial charge in [0.2, 0.25) is 0 Å². The van der Waals surface area contributed by atoms with Crippen LogP contribution < -0.4 is 0 Å². The lowest BCUT2D eigenvalue weighted by molar-refractivity contribution is -0.139. The fourth-order valence-electron chi connectivity index (χ4n) is 2.51. The molecule has 23 heavy (non-hydrogen) atoms. The van der Waals surface area contributed by atoms with Gasteiger partial charge in [-0.1, -0.05) is 49.7 Å². The normalized spacial score (nSPS) is 12.9. The molecule has 0 aromatic heterocycles. The number of hydrogen-bond donors (Lipinski definition) is 1. The first-order valence-electron chi connectivity index (χ1n) is 7.33. The number of aliphatic carboxylic acids is 1. The first kappa shape index (κ1) is 17.1. The van der Waals surface area contributed by atoms with Gasteiger partial charge in [0.15, 0.2) is 0 Å². The molecule has 2 aromatic rings. The molecule has 1 atom stereocenters. The van der Waals surface area contributed by atoms with Gasteiger partial charge in [0.1, 0.15) is 0 Å². The number of halogens is 3. The van der Waals surface area contributed by atoms with Crippen molar-refractivity contribution in [1.29, 1.82) is 0 Å². The molecule has 0 fully saturated rings. The third-order valence-electron chi connectivity index (χ3n) is 3.71. The molecule has 0 spiro atoms. The van der Waals surface area contributed by atoms with Crippen LogP contribution in [0.1, 0.15) is 36.8 Å². The largest absolute Gasteiger partial charge is 0.481 e. The summed E-state index contributed by atoms with van der Waals surface area (Å²) in [5, 5.41) is 9.32. The van der Waals surface area contributed by atoms with Crippen LogP contribution in [0.2, 0.25) is 0 Å². The van der Waals surface area contributed by atoms with Crippen molar-refractivity contribution in [2.24, 2.45) is 0 Å². The van der Waals surface area contributed by atoms with Crippen molar-refractivity contribution in [3.8, 4) is 11.1 Å². The average molecular weight is 322 g/mol. The molecular formula is C18H17F3O2. The van der Waals surface area contributed by atoms with Crippen LogP contribution in [0.25, 0.3) is 11.1 Å². The third-order valence-corrected chi connectivity index (χ3v) is 3.71. The van der Waals surface area contributed by atoms with Crippen LogP contribution in [0.3, 0.4) is 0 Å². The number of carboxylic acid groups (broad SMARTS) is 1. The van der Waals surface area contributed by atoms with Gasteiger partial charge >= 0.3 is 12.1 Å². The molecule has 0 saturated carbocycles. The summed E-state index contributed by atoms with van der Waals surface area (Å²) in [6, 6.07) is 11.8. The highest BCUT2D eigenvalue weighted by atomic mass is 19.4. The molecule has 0 amide bonds. The summed E-state index contributed by atoms with van der Waals surface area (Å²) in [5.74, 6) is -1.49. The van der Waals surface area contributed by atoms with Crippen LogP contribution in [0, 0.1) is 0 Å². The summed E-state index contributed by atoms with van der Waals surface area (Å²) in [4.78, 5) is 11.4. The molecular weight excluding hydrogens is 305 g/mol. The fraction of sp³-hybridized carbons (Fsp3) is 0.278. The van der Waals surface area contributed by atoms with E-state index in [4.69, 9.17) is 0 Å². The van der Waals surface area contributed by atoms with Gasteiger partial charge in [-0.3, -0.25) is 4.79 Å². The maximum atomic E-state index is 12.6. The molecule has 1 N–H and O–H groups in total. The second-order valence-electron chi connectivity index (χ2n) is 5.38. The van der Waals surface area contributed by atoms with Gasteiger partial charge in [-0.15, -0.1) is 0 Å². The highest BCUT2D eigenvalue weighted by molar-refractivity contribution is 5.77. The second kappa shape index (κ2) is 6.86. The maximum Gasteiger partial charge on any atom is 0.416 e. The van der Waals surface area contributed by atoms with Gasteiger partial charge in [-0.2, -0.15) is 13.2 Å². The van der Waals surface area contributed by atoms with Gasteiger partial charge < -0.3 is 5.11 Å². The molecule has 0 radical (unpaired) electrons. The van der Waals surface area contributed by atoms with E-state index >= 15 is 0 Å². The zero-order valence-electron chi connectivity index (χ0n) is 12.6. The fourth-order valence-corrected chi connectivity index (χ4v) is 2.51. The minimum Gasteiger partial charge on any atom is -0.481 e. The Labute approximate surface area is 132 Å². The van der Waals surface area contributed by atoms with E-state index in [9.17, 15) is 23.1 Å². The average Bonchev–Trinajstić information content (AvgIpc) is 2.52. The highest BCUT2D eigenvalue weighted by Crippen LogP contribution is 2.32. The minimum absolute atomic E-state index is 0.520. The number of carboxylic acids is 1. The van der Waals surface area contributed by atoms with Crippen molar-refractivity contribution in [2.75, 3.05) is 0 Å². The van der Waals surface area contributed by atoms with Crippen molar-refractivity contribution in [3.63, 3.8) is 0 Å². The predicted molar refractivity (Wildman–Crippen MR) is 82.2 cm³/mol. The highest BCUT2D eigenvalue weighted by Gasteiger charge is 2.30. The minimum atomic E-state index is -4.37.